The summed E-state index contributed by atoms with van der Waals surface area (Å²) in [5.41, 5.74) is 0. The first-order valence-electron chi connectivity index (χ1n) is 8.22. The van der Waals surface area contributed by atoms with Gasteiger partial charge in [0.25, 0.3) is 0 Å². The van der Waals surface area contributed by atoms with Gasteiger partial charge in [-0.05, 0) is 32.7 Å². The van der Waals surface area contributed by atoms with Crippen LogP contribution in [0.4, 0.5) is 0 Å². The first-order valence-corrected chi connectivity index (χ1v) is 9.21. The van der Waals surface area contributed by atoms with Crippen molar-refractivity contribution in [3.63, 3.8) is 0 Å². The molecular weight excluding hydrogens is 268 g/mol. The number of thioether (sulfide) groups is 1. The quantitative estimate of drug-likeness (QED) is 0.793. The van der Waals surface area contributed by atoms with Crippen LogP contribution < -0.4 is 0 Å². The fourth-order valence-electron chi connectivity index (χ4n) is 3.27. The lowest BCUT2D eigenvalue weighted by Crippen LogP contribution is -2.55. The van der Waals surface area contributed by atoms with Gasteiger partial charge in [-0.25, -0.2) is 0 Å². The van der Waals surface area contributed by atoms with Crippen LogP contribution in [0.2, 0.25) is 0 Å². The maximum absolute atomic E-state index is 5.82. The van der Waals surface area contributed by atoms with Gasteiger partial charge in [-0.2, -0.15) is 0 Å². The topological polar surface area (TPSA) is 15.7 Å². The van der Waals surface area contributed by atoms with Crippen LogP contribution in [0.25, 0.3) is 0 Å². The first kappa shape index (κ1) is 16.6. The third-order valence-electron chi connectivity index (χ3n) is 4.63. The first-order chi connectivity index (χ1) is 9.49. The largest absolute Gasteiger partial charge is 0.378 e. The second-order valence-electron chi connectivity index (χ2n) is 6.92. The van der Waals surface area contributed by atoms with Crippen molar-refractivity contribution >= 4 is 11.8 Å². The van der Waals surface area contributed by atoms with E-state index in [9.17, 15) is 0 Å². The highest BCUT2D eigenvalue weighted by atomic mass is 32.2. The molecule has 0 bridgehead atoms. The fourth-order valence-corrected chi connectivity index (χ4v) is 4.60. The summed E-state index contributed by atoms with van der Waals surface area (Å²) in [7, 11) is 0. The van der Waals surface area contributed by atoms with E-state index < -0.39 is 0 Å². The van der Waals surface area contributed by atoms with Crippen LogP contribution in [-0.2, 0) is 4.74 Å². The van der Waals surface area contributed by atoms with Gasteiger partial charge in [0.1, 0.15) is 0 Å². The van der Waals surface area contributed by atoms with Gasteiger partial charge in [0, 0.05) is 38.4 Å². The molecule has 118 valence electrons. The maximum atomic E-state index is 5.82. The van der Waals surface area contributed by atoms with Gasteiger partial charge < -0.3 is 9.64 Å². The summed E-state index contributed by atoms with van der Waals surface area (Å²) in [5.74, 6) is 1.95. The van der Waals surface area contributed by atoms with Gasteiger partial charge in [0.15, 0.2) is 0 Å². The molecule has 20 heavy (non-hydrogen) atoms. The minimum atomic E-state index is 0.278. The molecule has 0 amide bonds. The van der Waals surface area contributed by atoms with E-state index in [1.54, 1.807) is 0 Å². The summed E-state index contributed by atoms with van der Waals surface area (Å²) < 4.78 is 5.82. The summed E-state index contributed by atoms with van der Waals surface area (Å²) in [4.78, 5) is 5.62. The smallest absolute Gasteiger partial charge is 0.0668 e. The lowest BCUT2D eigenvalue weighted by molar-refractivity contribution is 0.0302. The second-order valence-corrected chi connectivity index (χ2v) is 8.50. The Morgan fingerprint density at radius 3 is 2.60 bits per heavy atom. The van der Waals surface area contributed by atoms with Crippen molar-refractivity contribution in [3.05, 3.63) is 0 Å². The average Bonchev–Trinajstić information content (AvgIpc) is 2.59. The molecule has 0 radical (unpaired) electrons. The van der Waals surface area contributed by atoms with E-state index in [4.69, 9.17) is 4.74 Å². The maximum Gasteiger partial charge on any atom is 0.0668 e. The summed E-state index contributed by atoms with van der Waals surface area (Å²) in [6.07, 6.45) is 2.88. The molecule has 4 heteroatoms. The molecular formula is C16H32N2OS. The molecule has 0 aliphatic carbocycles. The van der Waals surface area contributed by atoms with E-state index in [1.165, 1.54) is 39.1 Å². The summed E-state index contributed by atoms with van der Waals surface area (Å²) in [6.45, 7) is 16.4. The molecule has 0 aromatic carbocycles. The fraction of sp³-hybridized carbons (Fsp3) is 1.00. The highest BCUT2D eigenvalue weighted by Gasteiger charge is 2.37. The Morgan fingerprint density at radius 2 is 1.95 bits per heavy atom. The van der Waals surface area contributed by atoms with Crippen LogP contribution in [0, 0.1) is 5.92 Å². The number of piperazine rings is 1. The van der Waals surface area contributed by atoms with E-state index >= 15 is 0 Å². The van der Waals surface area contributed by atoms with E-state index in [1.807, 2.05) is 0 Å². The third-order valence-corrected chi connectivity index (χ3v) is 6.05. The van der Waals surface area contributed by atoms with Crippen LogP contribution in [0.5, 0.6) is 0 Å². The molecule has 3 nitrogen and oxygen atoms in total. The zero-order chi connectivity index (χ0) is 14.6. The standard InChI is InChI=1S/C16H32N2OS/c1-14(2)5-6-17-7-9-18(10-8-17)16(4)13-15(3)19-11-12-20-16/h14-15H,5-13H2,1-4H3/t15-,16-/m0/s1. The van der Waals surface area contributed by atoms with E-state index in [-0.39, 0.29) is 4.87 Å². The SMILES string of the molecule is CC(C)CCN1CCN([C@]2(C)C[C@H](C)OCCS2)CC1. The van der Waals surface area contributed by atoms with Crippen molar-refractivity contribution < 1.29 is 4.74 Å². The predicted octanol–water partition coefficient (Wildman–Crippen LogP) is 2.91. The van der Waals surface area contributed by atoms with Crippen molar-refractivity contribution in [2.75, 3.05) is 45.1 Å². The highest BCUT2D eigenvalue weighted by molar-refractivity contribution is 8.00. The van der Waals surface area contributed by atoms with Crippen LogP contribution in [-0.4, -0.2) is 65.9 Å². The number of hydrogen-bond donors (Lipinski definition) is 0. The van der Waals surface area contributed by atoms with Crippen molar-refractivity contribution in [2.45, 2.75) is 51.5 Å². The van der Waals surface area contributed by atoms with Gasteiger partial charge in [0.05, 0.1) is 17.6 Å². The second kappa shape index (κ2) is 7.48. The lowest BCUT2D eigenvalue weighted by atomic mass is 10.1. The molecule has 0 aromatic rings. The summed E-state index contributed by atoms with van der Waals surface area (Å²) >= 11 is 2.10. The molecule has 2 fully saturated rings. The molecule has 2 aliphatic heterocycles. The molecule has 0 aromatic heterocycles. The van der Waals surface area contributed by atoms with Gasteiger partial charge in [-0.15, -0.1) is 11.8 Å². The Balaban J connectivity index is 1.82. The zero-order valence-electron chi connectivity index (χ0n) is 13.7. The molecule has 2 heterocycles. The van der Waals surface area contributed by atoms with Gasteiger partial charge in [-0.3, -0.25) is 4.90 Å². The average molecular weight is 301 g/mol. The molecule has 0 saturated carbocycles. The zero-order valence-corrected chi connectivity index (χ0v) is 14.5. The van der Waals surface area contributed by atoms with Crippen LogP contribution >= 0.6 is 11.8 Å². The van der Waals surface area contributed by atoms with Crippen molar-refractivity contribution in [1.29, 1.82) is 0 Å². The number of hydrogen-bond acceptors (Lipinski definition) is 4. The third kappa shape index (κ3) is 4.62. The Labute approximate surface area is 129 Å². The van der Waals surface area contributed by atoms with Gasteiger partial charge >= 0.3 is 0 Å². The Hall–Kier alpha value is 0.230. The summed E-state index contributed by atoms with van der Waals surface area (Å²) in [5, 5.41) is 0. The van der Waals surface area contributed by atoms with Gasteiger partial charge in [-0.1, -0.05) is 13.8 Å². The van der Waals surface area contributed by atoms with E-state index in [0.717, 1.165) is 24.7 Å². The Kier molecular flexibility index (Phi) is 6.21. The Morgan fingerprint density at radius 1 is 1.25 bits per heavy atom. The number of ether oxygens (including phenoxy) is 1. The number of rotatable bonds is 4. The molecule has 0 unspecified atom stereocenters. The summed E-state index contributed by atoms with van der Waals surface area (Å²) in [6, 6.07) is 0. The minimum Gasteiger partial charge on any atom is -0.378 e. The van der Waals surface area contributed by atoms with Crippen molar-refractivity contribution in [3.8, 4) is 0 Å². The van der Waals surface area contributed by atoms with E-state index in [0.29, 0.717) is 6.10 Å². The highest BCUT2D eigenvalue weighted by Crippen LogP contribution is 2.37. The number of nitrogens with zero attached hydrogens (tertiary/aromatic N) is 2. The normalized spacial score (nSPS) is 34.4. The molecule has 2 saturated heterocycles. The lowest BCUT2D eigenvalue weighted by Gasteiger charge is -2.45. The van der Waals surface area contributed by atoms with Crippen molar-refractivity contribution in [1.82, 2.24) is 9.80 Å². The Bertz CT molecular complexity index is 292. The van der Waals surface area contributed by atoms with E-state index in [2.05, 4.69) is 49.3 Å². The molecule has 2 aliphatic rings. The molecule has 2 rings (SSSR count). The van der Waals surface area contributed by atoms with Gasteiger partial charge in [0.2, 0.25) is 0 Å². The monoisotopic (exact) mass is 300 g/mol. The minimum absolute atomic E-state index is 0.278. The molecule has 0 N–H and O–H groups in total. The molecule has 0 spiro atoms. The molecule has 2 atom stereocenters. The predicted molar refractivity (Wildman–Crippen MR) is 88.4 cm³/mol. The van der Waals surface area contributed by atoms with Crippen molar-refractivity contribution in [2.24, 2.45) is 5.92 Å². The van der Waals surface area contributed by atoms with Crippen LogP contribution in [0.1, 0.15) is 40.5 Å². The van der Waals surface area contributed by atoms with Crippen LogP contribution in [0.3, 0.4) is 0 Å². The van der Waals surface area contributed by atoms with Crippen LogP contribution in [0.15, 0.2) is 0 Å².